The fourth-order valence-corrected chi connectivity index (χ4v) is 6.29. The summed E-state index contributed by atoms with van der Waals surface area (Å²) >= 11 is 0. The number of fused-ring (bicyclic) bond motifs is 1. The molecule has 3 aromatic rings. The number of hydrogen-bond donors (Lipinski definition) is 4. The molecule has 1 fully saturated rings. The highest BCUT2D eigenvalue weighted by Crippen LogP contribution is 2.37. The summed E-state index contributed by atoms with van der Waals surface area (Å²) in [5, 5.41) is 25.4. The molecule has 5 rings (SSSR count). The highest BCUT2D eigenvalue weighted by molar-refractivity contribution is 5.95. The highest BCUT2D eigenvalue weighted by Gasteiger charge is 2.37. The summed E-state index contributed by atoms with van der Waals surface area (Å²) in [6.07, 6.45) is 19.5. The van der Waals surface area contributed by atoms with Gasteiger partial charge in [0.1, 0.15) is 17.7 Å². The standard InChI is InChI=1S/C26H32N8O4.C10H23N.C7H10.C2H6O/c1-26(2)20-15-17(6-7-18(20)24(36)38-26)29-25-28-16-19(22(27-3)30-25)23-32-31-21(37-23)5-4-8-33-9-11-34(12-10-33)13-14-35;1-3-4-5-6-7-8-9-10-11-2;1-4-6-7(3)5-2;1-2-3/h6-7,14-16H,4-5,8-13H2,1-3H3,(H2,27,28,29,30);11H,3-10H2,1-2H3;4-6H,1-2H2,3H3;3H,2H2,1H3/b;;7-6-;. The van der Waals surface area contributed by atoms with E-state index in [9.17, 15) is 9.59 Å². The predicted octanol–water partition coefficient (Wildman–Crippen LogP) is 7.73. The minimum atomic E-state index is -0.688. The Hall–Kier alpha value is -4.76. The van der Waals surface area contributed by atoms with E-state index in [1.54, 1.807) is 44.5 Å². The van der Waals surface area contributed by atoms with Crippen LogP contribution in [-0.2, 0) is 21.6 Å². The first-order chi connectivity index (χ1) is 28.5. The maximum absolute atomic E-state index is 12.1. The lowest BCUT2D eigenvalue weighted by molar-refractivity contribution is -0.109. The van der Waals surface area contributed by atoms with Crippen molar-refractivity contribution in [1.82, 2.24) is 35.3 Å². The molecule has 2 aliphatic heterocycles. The molecule has 0 unspecified atom stereocenters. The van der Waals surface area contributed by atoms with Gasteiger partial charge in [0.2, 0.25) is 11.8 Å². The van der Waals surface area contributed by atoms with E-state index in [-0.39, 0.29) is 12.6 Å². The molecule has 0 amide bonds. The second kappa shape index (κ2) is 28.6. The van der Waals surface area contributed by atoms with Crippen molar-refractivity contribution < 1.29 is 23.8 Å². The third-order valence-electron chi connectivity index (χ3n) is 9.61. The van der Waals surface area contributed by atoms with Crippen LogP contribution in [0.15, 0.2) is 65.8 Å². The topological polar surface area (TPSA) is 171 Å². The van der Waals surface area contributed by atoms with Crippen molar-refractivity contribution in [3.05, 3.63) is 78.4 Å². The molecule has 14 heteroatoms. The van der Waals surface area contributed by atoms with Crippen LogP contribution in [0.5, 0.6) is 0 Å². The molecule has 0 atom stereocenters. The van der Waals surface area contributed by atoms with Crippen LogP contribution in [0.4, 0.5) is 17.5 Å². The van der Waals surface area contributed by atoms with Gasteiger partial charge >= 0.3 is 5.97 Å². The number of aliphatic hydroxyl groups excluding tert-OH is 1. The molecule has 0 spiro atoms. The van der Waals surface area contributed by atoms with Gasteiger partial charge in [-0.25, -0.2) is 9.78 Å². The fraction of sp³-hybridized carbons (Fsp3) is 0.556. The predicted molar refractivity (Wildman–Crippen MR) is 239 cm³/mol. The Morgan fingerprint density at radius 3 is 2.25 bits per heavy atom. The summed E-state index contributed by atoms with van der Waals surface area (Å²) in [6.45, 7) is 23.4. The van der Waals surface area contributed by atoms with E-state index in [0.29, 0.717) is 47.6 Å². The Bertz CT molecular complexity index is 1710. The third-order valence-corrected chi connectivity index (χ3v) is 9.61. The van der Waals surface area contributed by atoms with E-state index in [1.807, 2.05) is 40.0 Å². The number of esters is 1. The quantitative estimate of drug-likeness (QED) is 0.0378. The smallest absolute Gasteiger partial charge is 0.339 e. The molecule has 59 heavy (non-hydrogen) atoms. The molecule has 0 radical (unpaired) electrons. The number of ether oxygens (including phenoxy) is 1. The normalized spacial score (nSPS) is 14.6. The lowest BCUT2D eigenvalue weighted by atomic mass is 9.95. The van der Waals surface area contributed by atoms with E-state index >= 15 is 0 Å². The molecule has 0 bridgehead atoms. The highest BCUT2D eigenvalue weighted by atomic mass is 16.6. The molecule has 14 nitrogen and oxygen atoms in total. The van der Waals surface area contributed by atoms with Crippen molar-refractivity contribution in [2.75, 3.05) is 77.1 Å². The van der Waals surface area contributed by atoms with E-state index in [0.717, 1.165) is 62.3 Å². The van der Waals surface area contributed by atoms with Crippen molar-refractivity contribution in [2.45, 2.75) is 98.0 Å². The Morgan fingerprint density at radius 2 is 1.64 bits per heavy atom. The molecular formula is C45H71N9O5. The number of aliphatic hydroxyl groups is 1. The summed E-state index contributed by atoms with van der Waals surface area (Å²) < 4.78 is 11.4. The Kier molecular flexibility index (Phi) is 24.4. The van der Waals surface area contributed by atoms with Gasteiger partial charge < -0.3 is 39.9 Å². The number of anilines is 3. The van der Waals surface area contributed by atoms with Crippen LogP contribution >= 0.6 is 0 Å². The van der Waals surface area contributed by atoms with Gasteiger partial charge in [-0.15, -0.1) is 10.2 Å². The number of rotatable bonds is 20. The number of piperazine rings is 1. The number of hydrogen-bond acceptors (Lipinski definition) is 14. The van der Waals surface area contributed by atoms with Gasteiger partial charge in [0, 0.05) is 63.7 Å². The maximum Gasteiger partial charge on any atom is 0.339 e. The van der Waals surface area contributed by atoms with Gasteiger partial charge in [0.25, 0.3) is 5.89 Å². The molecule has 2 aromatic heterocycles. The summed E-state index contributed by atoms with van der Waals surface area (Å²) in [5.74, 6) is 1.54. The van der Waals surface area contributed by atoms with Gasteiger partial charge in [-0.05, 0) is 78.9 Å². The number of benzene rings is 1. The molecule has 4 heterocycles. The molecule has 0 saturated carbocycles. The number of carbonyl (C=O) groups is 2. The van der Waals surface area contributed by atoms with Gasteiger partial charge in [0.15, 0.2) is 0 Å². The van der Waals surface area contributed by atoms with Gasteiger partial charge in [-0.2, -0.15) is 4.98 Å². The van der Waals surface area contributed by atoms with Crippen LogP contribution in [0.25, 0.3) is 11.5 Å². The second-order valence-corrected chi connectivity index (χ2v) is 14.8. The Balaban J connectivity index is 0.000000472. The van der Waals surface area contributed by atoms with Crippen molar-refractivity contribution in [3.63, 3.8) is 0 Å². The number of unbranched alkanes of at least 4 members (excludes halogenated alkanes) is 6. The van der Waals surface area contributed by atoms with Gasteiger partial charge in [-0.1, -0.05) is 82.4 Å². The average molecular weight is 818 g/mol. The lowest BCUT2D eigenvalue weighted by Gasteiger charge is -2.33. The number of cyclic esters (lactones) is 1. The number of aldehydes is 1. The fourth-order valence-electron chi connectivity index (χ4n) is 6.29. The zero-order valence-electron chi connectivity index (χ0n) is 36.8. The summed E-state index contributed by atoms with van der Waals surface area (Å²) in [6, 6.07) is 5.43. The van der Waals surface area contributed by atoms with E-state index in [4.69, 9.17) is 14.3 Å². The molecule has 0 aliphatic carbocycles. The number of nitrogens with one attached hydrogen (secondary N) is 3. The van der Waals surface area contributed by atoms with Crippen molar-refractivity contribution >= 4 is 29.7 Å². The van der Waals surface area contributed by atoms with Crippen molar-refractivity contribution in [1.29, 1.82) is 0 Å². The van der Waals surface area contributed by atoms with E-state index < -0.39 is 5.60 Å². The molecule has 4 N–H and O–H groups in total. The van der Waals surface area contributed by atoms with Gasteiger partial charge in [-0.3, -0.25) is 4.90 Å². The van der Waals surface area contributed by atoms with Crippen LogP contribution in [0.3, 0.4) is 0 Å². The summed E-state index contributed by atoms with van der Waals surface area (Å²) in [7, 11) is 3.79. The SMILES string of the molecule is C=C/C=C(/C)C=C.CCCCCCCCCNC.CCO.CNc1nc(Nc2ccc3c(c2)C(C)(C)OC3=O)ncc1-c1nnc(CCCN2CCN(CC=O)CC2)o1. The van der Waals surface area contributed by atoms with Crippen LogP contribution in [0, 0.1) is 0 Å². The number of aryl methyl sites for hydroxylation is 1. The number of aromatic nitrogens is 4. The maximum atomic E-state index is 12.1. The molecular weight excluding hydrogens is 747 g/mol. The first kappa shape index (κ1) is 50.4. The molecule has 2 aliphatic rings. The number of carbonyl (C=O) groups excluding carboxylic acids is 2. The largest absolute Gasteiger partial charge is 0.451 e. The minimum absolute atomic E-state index is 0.250. The lowest BCUT2D eigenvalue weighted by Crippen LogP contribution is -2.47. The number of nitrogens with zero attached hydrogens (tertiary/aromatic N) is 6. The average Bonchev–Trinajstić information content (AvgIpc) is 3.79. The van der Waals surface area contributed by atoms with E-state index in [2.05, 4.69) is 66.0 Å². The van der Waals surface area contributed by atoms with E-state index in [1.165, 1.54) is 51.5 Å². The first-order valence-electron chi connectivity index (χ1n) is 21.1. The Morgan fingerprint density at radius 1 is 0.966 bits per heavy atom. The number of allylic oxidation sites excluding steroid dienone is 4. The second-order valence-electron chi connectivity index (χ2n) is 14.8. The van der Waals surface area contributed by atoms with Crippen molar-refractivity contribution in [3.8, 4) is 11.5 Å². The van der Waals surface area contributed by atoms with Crippen LogP contribution in [0.1, 0.15) is 108 Å². The van der Waals surface area contributed by atoms with Crippen LogP contribution in [0.2, 0.25) is 0 Å². The first-order valence-corrected chi connectivity index (χ1v) is 21.1. The zero-order valence-corrected chi connectivity index (χ0v) is 36.8. The molecule has 326 valence electrons. The summed E-state index contributed by atoms with van der Waals surface area (Å²) in [4.78, 5) is 36.3. The van der Waals surface area contributed by atoms with Crippen LogP contribution < -0.4 is 16.0 Å². The minimum Gasteiger partial charge on any atom is -0.451 e. The van der Waals surface area contributed by atoms with Crippen molar-refractivity contribution in [2.24, 2.45) is 0 Å². The van der Waals surface area contributed by atoms with Crippen LogP contribution in [-0.4, -0.2) is 114 Å². The Labute approximate surface area is 353 Å². The zero-order chi connectivity index (χ0) is 43.5. The monoisotopic (exact) mass is 818 g/mol. The molecule has 1 saturated heterocycles. The summed E-state index contributed by atoms with van der Waals surface area (Å²) in [5.41, 5.74) is 3.20. The molecule has 1 aromatic carbocycles. The van der Waals surface area contributed by atoms with Gasteiger partial charge in [0.05, 0.1) is 17.7 Å². The third kappa shape index (κ3) is 18.4.